The summed E-state index contributed by atoms with van der Waals surface area (Å²) in [6.45, 7) is 2.60. The predicted molar refractivity (Wildman–Crippen MR) is 46.9 cm³/mol. The van der Waals surface area contributed by atoms with Crippen molar-refractivity contribution in [2.24, 2.45) is 0 Å². The molecule has 1 atom stereocenters. The van der Waals surface area contributed by atoms with Gasteiger partial charge in [-0.2, -0.15) is 0 Å². The van der Waals surface area contributed by atoms with E-state index in [0.717, 1.165) is 11.3 Å². The van der Waals surface area contributed by atoms with Crippen LogP contribution < -0.4 is 9.47 Å². The van der Waals surface area contributed by atoms with E-state index in [-0.39, 0.29) is 11.7 Å². The first-order valence-corrected chi connectivity index (χ1v) is 4.23. The van der Waals surface area contributed by atoms with Crippen LogP contribution in [0.3, 0.4) is 0 Å². The van der Waals surface area contributed by atoms with E-state index in [4.69, 9.17) is 9.47 Å². The number of fused-ring (bicyclic) bond motifs is 1. The topological polar surface area (TPSA) is 18.5 Å². The van der Waals surface area contributed by atoms with E-state index < -0.39 is 0 Å². The normalized spacial score (nSPS) is 19.5. The van der Waals surface area contributed by atoms with Crippen molar-refractivity contribution in [3.05, 3.63) is 23.5 Å². The van der Waals surface area contributed by atoms with E-state index in [1.807, 2.05) is 6.92 Å². The van der Waals surface area contributed by atoms with Crippen LogP contribution in [-0.4, -0.2) is 13.7 Å². The van der Waals surface area contributed by atoms with Crippen molar-refractivity contribution in [3.63, 3.8) is 0 Å². The highest BCUT2D eigenvalue weighted by Gasteiger charge is 2.26. The van der Waals surface area contributed by atoms with Gasteiger partial charge in [0.05, 0.1) is 13.7 Å². The summed E-state index contributed by atoms with van der Waals surface area (Å²) in [5.74, 6) is 0.951. The summed E-state index contributed by atoms with van der Waals surface area (Å²) in [6, 6.07) is 3.02. The molecule has 2 nitrogen and oxygen atoms in total. The molecule has 0 saturated heterocycles. The maximum Gasteiger partial charge on any atom is 0.165 e. The smallest absolute Gasteiger partial charge is 0.165 e. The number of rotatable bonds is 1. The van der Waals surface area contributed by atoms with E-state index in [9.17, 15) is 4.39 Å². The van der Waals surface area contributed by atoms with Gasteiger partial charge in [0.25, 0.3) is 0 Å². The fourth-order valence-corrected chi connectivity index (χ4v) is 1.65. The lowest BCUT2D eigenvalue weighted by Crippen LogP contribution is -1.97. The van der Waals surface area contributed by atoms with Crippen LogP contribution in [0.15, 0.2) is 12.1 Å². The number of hydrogen-bond donors (Lipinski definition) is 0. The van der Waals surface area contributed by atoms with Crippen molar-refractivity contribution in [2.45, 2.75) is 12.8 Å². The van der Waals surface area contributed by atoms with Crippen LogP contribution in [-0.2, 0) is 0 Å². The van der Waals surface area contributed by atoms with Crippen molar-refractivity contribution in [2.75, 3.05) is 13.7 Å². The third kappa shape index (κ3) is 1.15. The lowest BCUT2D eigenvalue weighted by molar-refractivity contribution is 0.337. The van der Waals surface area contributed by atoms with Gasteiger partial charge in [-0.05, 0) is 12.1 Å². The van der Waals surface area contributed by atoms with E-state index in [1.54, 1.807) is 6.07 Å². The highest BCUT2D eigenvalue weighted by Crippen LogP contribution is 2.41. The average molecular weight is 182 g/mol. The molecule has 0 saturated carbocycles. The van der Waals surface area contributed by atoms with Crippen molar-refractivity contribution in [1.82, 2.24) is 0 Å². The lowest BCUT2D eigenvalue weighted by atomic mass is 10.0. The minimum Gasteiger partial charge on any atom is -0.493 e. The Morgan fingerprint density at radius 2 is 2.31 bits per heavy atom. The Labute approximate surface area is 76.3 Å². The first-order chi connectivity index (χ1) is 6.24. The second-order valence-electron chi connectivity index (χ2n) is 3.20. The molecule has 1 aliphatic rings. The van der Waals surface area contributed by atoms with Gasteiger partial charge in [-0.15, -0.1) is 0 Å². The summed E-state index contributed by atoms with van der Waals surface area (Å²) in [6.07, 6.45) is 0. The molecule has 3 heteroatoms. The molecule has 1 aliphatic heterocycles. The molecule has 0 aliphatic carbocycles. The van der Waals surface area contributed by atoms with Crippen LogP contribution in [0.2, 0.25) is 0 Å². The maximum atomic E-state index is 13.2. The second kappa shape index (κ2) is 2.91. The Morgan fingerprint density at radius 1 is 1.54 bits per heavy atom. The van der Waals surface area contributed by atoms with Crippen molar-refractivity contribution in [1.29, 1.82) is 0 Å². The third-order valence-electron chi connectivity index (χ3n) is 2.29. The summed E-state index contributed by atoms with van der Waals surface area (Å²) < 4.78 is 23.6. The molecule has 0 N–H and O–H groups in total. The van der Waals surface area contributed by atoms with Crippen LogP contribution in [0, 0.1) is 5.82 Å². The minimum absolute atomic E-state index is 0.209. The van der Waals surface area contributed by atoms with E-state index in [1.165, 1.54) is 13.2 Å². The Morgan fingerprint density at radius 3 is 3.00 bits per heavy atom. The van der Waals surface area contributed by atoms with Crippen molar-refractivity contribution < 1.29 is 13.9 Å². The molecule has 1 aromatic rings. The van der Waals surface area contributed by atoms with Gasteiger partial charge in [-0.1, -0.05) is 6.92 Å². The fourth-order valence-electron chi connectivity index (χ4n) is 1.65. The molecule has 0 bridgehead atoms. The molecular weight excluding hydrogens is 171 g/mol. The molecule has 1 aromatic carbocycles. The monoisotopic (exact) mass is 182 g/mol. The summed E-state index contributed by atoms with van der Waals surface area (Å²) in [4.78, 5) is 0. The van der Waals surface area contributed by atoms with Gasteiger partial charge < -0.3 is 9.47 Å². The quantitative estimate of drug-likeness (QED) is 0.663. The molecule has 13 heavy (non-hydrogen) atoms. The molecule has 0 spiro atoms. The zero-order valence-corrected chi connectivity index (χ0v) is 7.63. The fraction of sp³-hybridized carbons (Fsp3) is 0.400. The molecule has 0 aromatic heterocycles. The molecular formula is C10H11FO2. The summed E-state index contributed by atoms with van der Waals surface area (Å²) in [5, 5.41) is 0. The highest BCUT2D eigenvalue weighted by molar-refractivity contribution is 5.50. The maximum absolute atomic E-state index is 13.2. The number of benzene rings is 1. The van der Waals surface area contributed by atoms with Crippen LogP contribution in [0.5, 0.6) is 11.5 Å². The minimum atomic E-state index is -0.321. The SMILES string of the molecule is COc1c(F)ccc2c1C(C)CO2. The van der Waals surface area contributed by atoms with Crippen LogP contribution in [0.1, 0.15) is 18.4 Å². The summed E-state index contributed by atoms with van der Waals surface area (Å²) >= 11 is 0. The largest absolute Gasteiger partial charge is 0.493 e. The average Bonchev–Trinajstić information content (AvgIpc) is 2.49. The molecule has 70 valence electrons. The summed E-state index contributed by atoms with van der Waals surface area (Å²) in [7, 11) is 1.48. The lowest BCUT2D eigenvalue weighted by Gasteiger charge is -2.08. The number of halogens is 1. The molecule has 1 unspecified atom stereocenters. The van der Waals surface area contributed by atoms with E-state index in [0.29, 0.717) is 12.4 Å². The van der Waals surface area contributed by atoms with Gasteiger partial charge in [0.1, 0.15) is 5.75 Å². The van der Waals surface area contributed by atoms with Crippen LogP contribution >= 0.6 is 0 Å². The van der Waals surface area contributed by atoms with Gasteiger partial charge in [0, 0.05) is 11.5 Å². The number of hydrogen-bond acceptors (Lipinski definition) is 2. The Bertz CT molecular complexity index is 336. The van der Waals surface area contributed by atoms with Gasteiger partial charge in [0.15, 0.2) is 11.6 Å². The zero-order chi connectivity index (χ0) is 9.42. The molecule has 2 rings (SSSR count). The Kier molecular flexibility index (Phi) is 1.87. The summed E-state index contributed by atoms with van der Waals surface area (Å²) in [5.41, 5.74) is 0.850. The molecule has 0 amide bonds. The van der Waals surface area contributed by atoms with Gasteiger partial charge in [-0.25, -0.2) is 4.39 Å². The first-order valence-electron chi connectivity index (χ1n) is 4.23. The zero-order valence-electron chi connectivity index (χ0n) is 7.63. The molecule has 1 heterocycles. The number of methoxy groups -OCH3 is 1. The molecule has 0 fully saturated rings. The Hall–Kier alpha value is -1.25. The molecule has 0 radical (unpaired) electrons. The Balaban J connectivity index is 2.60. The van der Waals surface area contributed by atoms with Crippen molar-refractivity contribution >= 4 is 0 Å². The van der Waals surface area contributed by atoms with Crippen LogP contribution in [0.4, 0.5) is 4.39 Å². The predicted octanol–water partition coefficient (Wildman–Crippen LogP) is 2.33. The van der Waals surface area contributed by atoms with Gasteiger partial charge in [0.2, 0.25) is 0 Å². The van der Waals surface area contributed by atoms with Gasteiger partial charge in [-0.3, -0.25) is 0 Å². The second-order valence-corrected chi connectivity index (χ2v) is 3.20. The van der Waals surface area contributed by atoms with Gasteiger partial charge >= 0.3 is 0 Å². The van der Waals surface area contributed by atoms with Crippen molar-refractivity contribution in [3.8, 4) is 11.5 Å². The van der Waals surface area contributed by atoms with E-state index in [2.05, 4.69) is 0 Å². The first kappa shape index (κ1) is 8.35. The highest BCUT2D eigenvalue weighted by atomic mass is 19.1. The number of ether oxygens (including phenoxy) is 2. The third-order valence-corrected chi connectivity index (χ3v) is 2.29. The standard InChI is InChI=1S/C10H11FO2/c1-6-5-13-8-4-3-7(11)10(12-2)9(6)8/h3-4,6H,5H2,1-2H3. The van der Waals surface area contributed by atoms with E-state index >= 15 is 0 Å². The van der Waals surface area contributed by atoms with Crippen LogP contribution in [0.25, 0.3) is 0 Å².